The van der Waals surface area contributed by atoms with Crippen LogP contribution in [-0.4, -0.2) is 32.5 Å². The molecule has 4 nitrogen and oxygen atoms in total. The van der Waals surface area contributed by atoms with Crippen LogP contribution in [0.1, 0.15) is 12.8 Å². The maximum atomic E-state index is 12.6. The lowest BCUT2D eigenvalue weighted by molar-refractivity contribution is 0.517. The Morgan fingerprint density at radius 3 is 2.80 bits per heavy atom. The lowest BCUT2D eigenvalue weighted by Gasteiger charge is -2.20. The second-order valence-electron chi connectivity index (χ2n) is 3.45. The Hall–Kier alpha value is -0.880. The van der Waals surface area contributed by atoms with Gasteiger partial charge >= 0.3 is 0 Å². The van der Waals surface area contributed by atoms with Crippen LogP contribution in [0.15, 0.2) is 17.6 Å². The zero-order valence-electron chi connectivity index (χ0n) is 8.15. The normalized spacial score (nSPS) is 23.7. The first-order valence-corrected chi connectivity index (χ1v) is 6.07. The minimum absolute atomic E-state index is 0.0456. The van der Waals surface area contributed by atoms with E-state index in [0.717, 1.165) is 31.8 Å². The molecule has 15 heavy (non-hydrogen) atoms. The summed E-state index contributed by atoms with van der Waals surface area (Å²) in [7, 11) is -1.23. The highest BCUT2D eigenvalue weighted by molar-refractivity contribution is 7.85. The van der Waals surface area contributed by atoms with Crippen LogP contribution >= 0.6 is 0 Å². The maximum Gasteiger partial charge on any atom is 0.218 e. The first kappa shape index (κ1) is 10.6. The van der Waals surface area contributed by atoms with E-state index < -0.39 is 16.6 Å². The van der Waals surface area contributed by atoms with E-state index in [0.29, 0.717) is 6.54 Å². The molecule has 1 N–H and O–H groups in total. The number of aromatic nitrogens is 2. The fraction of sp³-hybridized carbons (Fsp3) is 0.556. The summed E-state index contributed by atoms with van der Waals surface area (Å²) in [5.74, 6) is -0.502. The van der Waals surface area contributed by atoms with Crippen LogP contribution in [0.4, 0.5) is 4.39 Å². The highest BCUT2D eigenvalue weighted by atomic mass is 32.2. The standard InChI is InChI=1S/C9H12FN3OS/c10-7-4-12-9(13-5-7)15(14)8-2-1-3-11-6-8/h4-5,8,11H,1-3,6H2/t8-,15+/m0/s1. The summed E-state index contributed by atoms with van der Waals surface area (Å²) in [6.07, 6.45) is 4.02. The molecule has 2 rings (SSSR count). The van der Waals surface area contributed by atoms with Gasteiger partial charge in [0.05, 0.1) is 28.4 Å². The second-order valence-corrected chi connectivity index (χ2v) is 5.08. The Kier molecular flexibility index (Phi) is 3.37. The van der Waals surface area contributed by atoms with E-state index in [1.54, 1.807) is 0 Å². The molecular formula is C9H12FN3OS. The summed E-state index contributed by atoms with van der Waals surface area (Å²) in [5.41, 5.74) is 0. The molecule has 2 atom stereocenters. The topological polar surface area (TPSA) is 54.9 Å². The van der Waals surface area contributed by atoms with Gasteiger partial charge < -0.3 is 5.32 Å². The molecule has 1 aromatic heterocycles. The molecule has 0 radical (unpaired) electrons. The van der Waals surface area contributed by atoms with Crippen LogP contribution in [0.25, 0.3) is 0 Å². The van der Waals surface area contributed by atoms with Gasteiger partial charge in [0.25, 0.3) is 0 Å². The van der Waals surface area contributed by atoms with Gasteiger partial charge in [-0.05, 0) is 19.4 Å². The average molecular weight is 229 g/mol. The molecule has 1 saturated heterocycles. The van der Waals surface area contributed by atoms with Gasteiger partial charge in [-0.1, -0.05) is 0 Å². The summed E-state index contributed by atoms with van der Waals surface area (Å²) in [6, 6.07) is 0. The van der Waals surface area contributed by atoms with Crippen molar-refractivity contribution in [1.29, 1.82) is 0 Å². The molecule has 6 heteroatoms. The summed E-state index contributed by atoms with van der Waals surface area (Å²) < 4.78 is 24.5. The Balaban J connectivity index is 2.09. The third-order valence-corrected chi connectivity index (χ3v) is 3.91. The molecule has 0 aliphatic carbocycles. The number of hydrogen-bond donors (Lipinski definition) is 1. The van der Waals surface area contributed by atoms with E-state index >= 15 is 0 Å². The van der Waals surface area contributed by atoms with Gasteiger partial charge in [-0.15, -0.1) is 0 Å². The highest BCUT2D eigenvalue weighted by Crippen LogP contribution is 2.13. The molecule has 1 aliphatic rings. The number of halogens is 1. The number of nitrogens with zero attached hydrogens (tertiary/aromatic N) is 2. The van der Waals surface area contributed by atoms with Crippen molar-refractivity contribution in [2.24, 2.45) is 0 Å². The van der Waals surface area contributed by atoms with Crippen molar-refractivity contribution in [3.63, 3.8) is 0 Å². The monoisotopic (exact) mass is 229 g/mol. The zero-order chi connectivity index (χ0) is 10.7. The van der Waals surface area contributed by atoms with E-state index in [1.807, 2.05) is 0 Å². The molecule has 0 unspecified atom stereocenters. The molecule has 2 heterocycles. The largest absolute Gasteiger partial charge is 0.316 e. The van der Waals surface area contributed by atoms with Crippen molar-refractivity contribution in [3.8, 4) is 0 Å². The van der Waals surface area contributed by atoms with E-state index in [4.69, 9.17) is 0 Å². The van der Waals surface area contributed by atoms with Crippen LogP contribution in [0, 0.1) is 5.82 Å². The fourth-order valence-electron chi connectivity index (χ4n) is 1.56. The Labute approximate surface area is 89.8 Å². The van der Waals surface area contributed by atoms with Gasteiger partial charge in [-0.25, -0.2) is 14.4 Å². The Bertz CT molecular complexity index is 351. The van der Waals surface area contributed by atoms with E-state index in [-0.39, 0.29) is 10.4 Å². The molecule has 0 saturated carbocycles. The van der Waals surface area contributed by atoms with Crippen molar-refractivity contribution < 1.29 is 8.60 Å². The minimum atomic E-state index is -1.23. The number of rotatable bonds is 2. The third kappa shape index (κ3) is 2.57. The Morgan fingerprint density at radius 2 is 2.20 bits per heavy atom. The van der Waals surface area contributed by atoms with Crippen molar-refractivity contribution >= 4 is 10.8 Å². The van der Waals surface area contributed by atoms with Crippen molar-refractivity contribution in [2.45, 2.75) is 23.2 Å². The second kappa shape index (κ2) is 4.76. The van der Waals surface area contributed by atoms with Gasteiger partial charge in [0.15, 0.2) is 5.82 Å². The van der Waals surface area contributed by atoms with E-state index in [2.05, 4.69) is 15.3 Å². The SMILES string of the molecule is O=[S@@](c1ncc(F)cn1)[C@H]1CCCNC1. The molecule has 0 amide bonds. The molecule has 1 aromatic rings. The van der Waals surface area contributed by atoms with Gasteiger partial charge in [-0.2, -0.15) is 0 Å². The smallest absolute Gasteiger partial charge is 0.218 e. The summed E-state index contributed by atoms with van der Waals surface area (Å²) in [4.78, 5) is 7.48. The molecule has 0 bridgehead atoms. The number of piperidine rings is 1. The lowest BCUT2D eigenvalue weighted by atomic mass is 10.2. The average Bonchev–Trinajstić information content (AvgIpc) is 2.30. The summed E-state index contributed by atoms with van der Waals surface area (Å²) in [5, 5.41) is 3.45. The lowest BCUT2D eigenvalue weighted by Crippen LogP contribution is -2.36. The molecular weight excluding hydrogens is 217 g/mol. The van der Waals surface area contributed by atoms with Gasteiger partial charge in [-0.3, -0.25) is 4.21 Å². The first-order valence-electron chi connectivity index (χ1n) is 4.86. The maximum absolute atomic E-state index is 12.6. The predicted molar refractivity (Wildman–Crippen MR) is 54.3 cm³/mol. The number of hydrogen-bond acceptors (Lipinski definition) is 4. The molecule has 82 valence electrons. The van der Waals surface area contributed by atoms with Crippen molar-refractivity contribution in [2.75, 3.05) is 13.1 Å². The molecule has 1 aliphatic heterocycles. The van der Waals surface area contributed by atoms with Gasteiger partial charge in [0.2, 0.25) is 5.16 Å². The molecule has 0 spiro atoms. The van der Waals surface area contributed by atoms with E-state index in [9.17, 15) is 8.60 Å². The van der Waals surface area contributed by atoms with Crippen LogP contribution in [0.2, 0.25) is 0 Å². The van der Waals surface area contributed by atoms with Crippen LogP contribution in [0.3, 0.4) is 0 Å². The summed E-state index contributed by atoms with van der Waals surface area (Å²) >= 11 is 0. The summed E-state index contributed by atoms with van der Waals surface area (Å²) in [6.45, 7) is 1.69. The van der Waals surface area contributed by atoms with Crippen molar-refractivity contribution in [1.82, 2.24) is 15.3 Å². The van der Waals surface area contributed by atoms with Crippen LogP contribution in [-0.2, 0) is 10.8 Å². The molecule has 1 fully saturated rings. The van der Waals surface area contributed by atoms with Crippen molar-refractivity contribution in [3.05, 3.63) is 18.2 Å². The van der Waals surface area contributed by atoms with Gasteiger partial charge in [0, 0.05) is 6.54 Å². The quantitative estimate of drug-likeness (QED) is 0.749. The predicted octanol–water partition coefficient (Wildman–Crippen LogP) is 0.475. The zero-order valence-corrected chi connectivity index (χ0v) is 8.97. The molecule has 0 aromatic carbocycles. The fourth-order valence-corrected chi connectivity index (χ4v) is 2.82. The number of nitrogens with one attached hydrogen (secondary N) is 1. The van der Waals surface area contributed by atoms with Crippen LogP contribution < -0.4 is 5.32 Å². The van der Waals surface area contributed by atoms with E-state index in [1.165, 1.54) is 0 Å². The minimum Gasteiger partial charge on any atom is -0.316 e. The highest BCUT2D eigenvalue weighted by Gasteiger charge is 2.22. The third-order valence-electron chi connectivity index (χ3n) is 2.33. The Morgan fingerprint density at radius 1 is 1.47 bits per heavy atom. The first-order chi connectivity index (χ1) is 7.27. The van der Waals surface area contributed by atoms with Gasteiger partial charge in [0.1, 0.15) is 0 Å². The van der Waals surface area contributed by atoms with Crippen LogP contribution in [0.5, 0.6) is 0 Å².